The van der Waals surface area contributed by atoms with E-state index in [1.807, 2.05) is 97.7 Å². The number of nitrogens with one attached hydrogen (secondary N) is 4. The van der Waals surface area contributed by atoms with Crippen LogP contribution in [0.2, 0.25) is 0 Å². The lowest BCUT2D eigenvalue weighted by Gasteiger charge is -2.32. The summed E-state index contributed by atoms with van der Waals surface area (Å²) in [7, 11) is 6.80. The van der Waals surface area contributed by atoms with Gasteiger partial charge in [-0.25, -0.2) is 14.8 Å². The number of aliphatic hydroxyl groups excluding tert-OH is 1. The summed E-state index contributed by atoms with van der Waals surface area (Å²) in [6.45, 7) is 5.67. The Bertz CT molecular complexity index is 2700. The lowest BCUT2D eigenvalue weighted by molar-refractivity contribution is -0.137. The van der Waals surface area contributed by atoms with E-state index in [1.165, 1.54) is 4.90 Å². The molecule has 1 fully saturated rings. The number of likely N-dealkylation sites (tertiary alicyclic amines) is 1. The number of aromatic nitrogens is 4. The standard InChI is InChI=1S/C51H58N10O6/c1-7-20-60(48(62)44(56-50(64)58(3)4)31-15-10-8-11-16-31)30(2)46-52-26-37(54-46)33-22-35-28-67-41-25-34(23-36-29-66-40(24-33)42(35)43(36)41)38-27-53-47(55-38)39-19-14-21-61(39)49(63)45(57-51(65)59(5)6)32-17-12-9-13-18-32/h8-13,15-18,22-27,30,39,44-45,51,57,65H,7,14,19-21,28-29H2,1-6H3,(H,52,54)(H,53,55)(H,56,64). The molecule has 4 amide bonds. The van der Waals surface area contributed by atoms with Crippen LogP contribution >= 0.6 is 0 Å². The van der Waals surface area contributed by atoms with Crippen molar-refractivity contribution in [3.63, 3.8) is 0 Å². The van der Waals surface area contributed by atoms with Crippen molar-refractivity contribution >= 4 is 17.8 Å². The van der Waals surface area contributed by atoms with Crippen molar-refractivity contribution in [1.82, 2.24) is 50.2 Å². The highest BCUT2D eigenvalue weighted by Crippen LogP contribution is 2.51. The van der Waals surface area contributed by atoms with Gasteiger partial charge < -0.3 is 44.6 Å². The first-order chi connectivity index (χ1) is 32.4. The SMILES string of the molecule is CCCN(C(=O)C(NC(=O)N(C)C)c1ccccc1)C(C)c1ncc(-c2cc3c4c(c2)OCc2cc(-c5cnc(C6CCCN6C(=O)C(NC(O)N(C)C)c6ccccc6)[nH]5)cc(c2-4)OC3)[nH]1. The van der Waals surface area contributed by atoms with Crippen LogP contribution in [0.15, 0.2) is 97.3 Å². The minimum Gasteiger partial charge on any atom is -0.488 e. The van der Waals surface area contributed by atoms with Gasteiger partial charge in [0.1, 0.15) is 48.4 Å². The minimum absolute atomic E-state index is 0.122. The third-order valence-corrected chi connectivity index (χ3v) is 12.9. The highest BCUT2D eigenvalue weighted by Gasteiger charge is 2.38. The van der Waals surface area contributed by atoms with Gasteiger partial charge in [-0.15, -0.1) is 0 Å². The van der Waals surface area contributed by atoms with E-state index in [9.17, 15) is 19.5 Å². The number of rotatable bonds is 15. The topological polar surface area (TPSA) is 184 Å². The van der Waals surface area contributed by atoms with Gasteiger partial charge in [-0.2, -0.15) is 0 Å². The van der Waals surface area contributed by atoms with Crippen LogP contribution in [0.3, 0.4) is 0 Å². The van der Waals surface area contributed by atoms with Crippen LogP contribution in [0.25, 0.3) is 33.6 Å². The molecule has 5 unspecified atom stereocenters. The summed E-state index contributed by atoms with van der Waals surface area (Å²) in [4.78, 5) is 64.7. The molecule has 0 bridgehead atoms. The molecule has 5 atom stereocenters. The number of aromatic amines is 2. The Morgan fingerprint density at radius 3 is 1.99 bits per heavy atom. The molecule has 67 heavy (non-hydrogen) atoms. The number of urea groups is 1. The van der Waals surface area contributed by atoms with Crippen LogP contribution in [0, 0.1) is 0 Å². The molecule has 16 nitrogen and oxygen atoms in total. The highest BCUT2D eigenvalue weighted by molar-refractivity contribution is 5.90. The van der Waals surface area contributed by atoms with E-state index < -0.39 is 24.5 Å². The molecule has 0 radical (unpaired) electrons. The number of ether oxygens (including phenoxy) is 2. The molecular formula is C51H58N10O6. The van der Waals surface area contributed by atoms with Crippen molar-refractivity contribution in [3.05, 3.63) is 131 Å². The quantitative estimate of drug-likeness (QED) is 0.0669. The summed E-state index contributed by atoms with van der Waals surface area (Å²) >= 11 is 0. The van der Waals surface area contributed by atoms with Crippen LogP contribution in [-0.4, -0.2) is 110 Å². The Kier molecular flexibility index (Phi) is 12.9. The third kappa shape index (κ3) is 8.99. The van der Waals surface area contributed by atoms with Crippen LogP contribution in [0.4, 0.5) is 4.79 Å². The average molecular weight is 907 g/mol. The molecular weight excluding hydrogens is 849 g/mol. The molecule has 2 aromatic heterocycles. The molecule has 3 aliphatic rings. The molecule has 348 valence electrons. The Balaban J connectivity index is 0.941. The fourth-order valence-corrected chi connectivity index (χ4v) is 9.31. The van der Waals surface area contributed by atoms with Crippen LogP contribution in [-0.2, 0) is 22.8 Å². The molecule has 16 heteroatoms. The van der Waals surface area contributed by atoms with Gasteiger partial charge in [0.05, 0.1) is 35.9 Å². The van der Waals surface area contributed by atoms with Gasteiger partial charge in [-0.3, -0.25) is 19.8 Å². The Morgan fingerprint density at radius 1 is 0.821 bits per heavy atom. The van der Waals surface area contributed by atoms with Gasteiger partial charge in [-0.05, 0) is 75.7 Å². The number of amides is 4. The van der Waals surface area contributed by atoms with Gasteiger partial charge in [-0.1, -0.05) is 67.6 Å². The fraction of sp³-hybridized carbons (Fsp3) is 0.353. The maximum Gasteiger partial charge on any atom is 0.317 e. The van der Waals surface area contributed by atoms with Crippen molar-refractivity contribution < 1.29 is 29.0 Å². The summed E-state index contributed by atoms with van der Waals surface area (Å²) in [5.74, 6) is 2.49. The number of nitrogens with zero attached hydrogens (tertiary/aromatic N) is 6. The van der Waals surface area contributed by atoms with Crippen molar-refractivity contribution in [2.75, 3.05) is 41.3 Å². The van der Waals surface area contributed by atoms with Crippen LogP contribution in [0.1, 0.15) is 91.2 Å². The number of imidazole rings is 2. The second kappa shape index (κ2) is 19.1. The van der Waals surface area contributed by atoms with Gasteiger partial charge in [0.25, 0.3) is 0 Å². The number of carbonyl (C=O) groups is 3. The van der Waals surface area contributed by atoms with Crippen molar-refractivity contribution in [3.8, 4) is 45.1 Å². The molecule has 3 aliphatic heterocycles. The van der Waals surface area contributed by atoms with E-state index in [0.717, 1.165) is 74.7 Å². The predicted octanol–water partition coefficient (Wildman–Crippen LogP) is 7.06. The largest absolute Gasteiger partial charge is 0.488 e. The smallest absolute Gasteiger partial charge is 0.317 e. The summed E-state index contributed by atoms with van der Waals surface area (Å²) in [6, 6.07) is 24.4. The third-order valence-electron chi connectivity index (χ3n) is 12.9. The lowest BCUT2D eigenvalue weighted by Crippen LogP contribution is -2.49. The number of carbonyl (C=O) groups excluding carboxylic acids is 3. The summed E-state index contributed by atoms with van der Waals surface area (Å²) in [5.41, 5.74) is 8.82. The molecule has 6 aromatic rings. The molecule has 0 spiro atoms. The van der Waals surface area contributed by atoms with Crippen molar-refractivity contribution in [1.29, 1.82) is 0 Å². The molecule has 5 heterocycles. The second-order valence-corrected chi connectivity index (χ2v) is 17.9. The fourth-order valence-electron chi connectivity index (χ4n) is 9.31. The predicted molar refractivity (Wildman–Crippen MR) is 253 cm³/mol. The highest BCUT2D eigenvalue weighted by atomic mass is 16.5. The van der Waals surface area contributed by atoms with Gasteiger partial charge >= 0.3 is 6.03 Å². The zero-order valence-corrected chi connectivity index (χ0v) is 38.7. The van der Waals surface area contributed by atoms with E-state index in [2.05, 4.69) is 32.7 Å². The first-order valence-corrected chi connectivity index (χ1v) is 22.9. The molecule has 9 rings (SSSR count). The molecule has 1 saturated heterocycles. The zero-order chi connectivity index (χ0) is 46.9. The number of H-pyrrole nitrogens is 2. The van der Waals surface area contributed by atoms with Crippen LogP contribution < -0.4 is 20.1 Å². The first kappa shape index (κ1) is 45.2. The maximum atomic E-state index is 14.3. The molecule has 5 N–H and O–H groups in total. The van der Waals surface area contributed by atoms with E-state index >= 15 is 0 Å². The molecule has 4 aromatic carbocycles. The van der Waals surface area contributed by atoms with Crippen LogP contribution in [0.5, 0.6) is 11.5 Å². The van der Waals surface area contributed by atoms with E-state index in [4.69, 9.17) is 19.4 Å². The number of hydrogen-bond acceptors (Lipinski definition) is 10. The summed E-state index contributed by atoms with van der Waals surface area (Å²) in [5, 5.41) is 16.7. The number of hydrogen-bond donors (Lipinski definition) is 5. The van der Waals surface area contributed by atoms with E-state index in [-0.39, 0.29) is 23.9 Å². The number of aliphatic hydroxyl groups is 1. The zero-order valence-electron chi connectivity index (χ0n) is 38.7. The Labute approximate surface area is 390 Å². The van der Waals surface area contributed by atoms with Crippen molar-refractivity contribution in [2.45, 2.75) is 76.8 Å². The normalized spacial score (nSPS) is 16.6. The molecule has 0 saturated carbocycles. The minimum atomic E-state index is -1.02. The first-order valence-electron chi connectivity index (χ1n) is 22.9. The van der Waals surface area contributed by atoms with Gasteiger partial charge in [0.15, 0.2) is 6.35 Å². The maximum absolute atomic E-state index is 14.3. The Hall–Kier alpha value is -7.01. The molecule has 0 aliphatic carbocycles. The Morgan fingerprint density at radius 2 is 1.40 bits per heavy atom. The average Bonchev–Trinajstić information content (AvgIpc) is 4.15. The monoisotopic (exact) mass is 906 g/mol. The van der Waals surface area contributed by atoms with Gasteiger partial charge in [0.2, 0.25) is 11.8 Å². The number of benzene rings is 4. The second-order valence-electron chi connectivity index (χ2n) is 17.9. The summed E-state index contributed by atoms with van der Waals surface area (Å²) < 4.78 is 13.0. The van der Waals surface area contributed by atoms with E-state index in [1.54, 1.807) is 44.2 Å². The van der Waals surface area contributed by atoms with Crippen molar-refractivity contribution in [2.24, 2.45) is 0 Å². The summed E-state index contributed by atoms with van der Waals surface area (Å²) in [6.07, 6.45) is 4.88. The van der Waals surface area contributed by atoms with E-state index in [0.29, 0.717) is 49.9 Å². The lowest BCUT2D eigenvalue weighted by atomic mass is 9.87. The van der Waals surface area contributed by atoms with Gasteiger partial charge in [0, 0.05) is 60.6 Å².